The van der Waals surface area contributed by atoms with E-state index < -0.39 is 0 Å². The summed E-state index contributed by atoms with van der Waals surface area (Å²) in [6.45, 7) is 6.88. The van der Waals surface area contributed by atoms with E-state index >= 15 is 0 Å². The fourth-order valence-corrected chi connectivity index (χ4v) is 8.49. The van der Waals surface area contributed by atoms with E-state index in [-0.39, 0.29) is 17.8 Å². The van der Waals surface area contributed by atoms with Crippen LogP contribution in [0.3, 0.4) is 0 Å². The Morgan fingerprint density at radius 1 is 1.00 bits per heavy atom. The van der Waals surface area contributed by atoms with Crippen molar-refractivity contribution in [3.05, 3.63) is 0 Å². The first-order valence-corrected chi connectivity index (χ1v) is 9.85. The van der Waals surface area contributed by atoms with Gasteiger partial charge >= 0.3 is 0 Å². The number of rotatable bonds is 1. The maximum absolute atomic E-state index is 13.6. The molecule has 6 rings (SSSR count). The van der Waals surface area contributed by atoms with Crippen LogP contribution in [0.2, 0.25) is 0 Å². The van der Waals surface area contributed by atoms with Crippen LogP contribution in [-0.2, 0) is 4.79 Å². The summed E-state index contributed by atoms with van der Waals surface area (Å²) in [6.07, 6.45) is 9.98. The molecule has 5 aliphatic carbocycles. The number of carbonyl (C=O) groups excluding carboxylic acids is 1. The Morgan fingerprint density at radius 3 is 2.25 bits per heavy atom. The second-order valence-corrected chi connectivity index (χ2v) is 10.8. The van der Waals surface area contributed by atoms with Crippen LogP contribution < -0.4 is 5.73 Å². The summed E-state index contributed by atoms with van der Waals surface area (Å²) in [5.41, 5.74) is 7.12. The number of nitrogens with zero attached hydrogens (tertiary/aromatic N) is 1. The fourth-order valence-electron chi connectivity index (χ4n) is 8.49. The van der Waals surface area contributed by atoms with Gasteiger partial charge in [0.15, 0.2) is 0 Å². The standard InChI is InChI=1S/C20H32N2O.ClH/c1-18-5-13-6-19(2,10-18)12-20(7-13,11-18)17(23)22-8-14-3-4-16(21)15(14)9-22;/h13-16H,3-12,21H2,1-2H3;1H. The number of halogens is 1. The predicted octanol–water partition coefficient (Wildman–Crippen LogP) is 3.60. The molecule has 5 atom stereocenters. The van der Waals surface area contributed by atoms with Gasteiger partial charge in [-0.05, 0) is 80.0 Å². The second-order valence-electron chi connectivity index (χ2n) is 10.8. The lowest BCUT2D eigenvalue weighted by atomic mass is 9.40. The molecule has 1 aliphatic heterocycles. The van der Waals surface area contributed by atoms with Crippen LogP contribution in [0.15, 0.2) is 0 Å². The topological polar surface area (TPSA) is 46.3 Å². The van der Waals surface area contributed by atoms with E-state index in [4.69, 9.17) is 5.73 Å². The van der Waals surface area contributed by atoms with Gasteiger partial charge in [-0.25, -0.2) is 0 Å². The van der Waals surface area contributed by atoms with Gasteiger partial charge in [0.05, 0.1) is 5.41 Å². The summed E-state index contributed by atoms with van der Waals surface area (Å²) in [4.78, 5) is 15.9. The minimum absolute atomic E-state index is 0. The Morgan fingerprint density at radius 2 is 1.67 bits per heavy atom. The van der Waals surface area contributed by atoms with Crippen LogP contribution in [0.4, 0.5) is 0 Å². The quantitative estimate of drug-likeness (QED) is 0.783. The molecule has 5 unspecified atom stereocenters. The minimum atomic E-state index is -0.0222. The molecule has 4 bridgehead atoms. The molecule has 0 aromatic heterocycles. The van der Waals surface area contributed by atoms with Gasteiger partial charge in [0.25, 0.3) is 0 Å². The molecule has 6 fully saturated rings. The van der Waals surface area contributed by atoms with Gasteiger partial charge in [0.2, 0.25) is 5.91 Å². The number of hydrogen-bond acceptors (Lipinski definition) is 2. The molecule has 0 spiro atoms. The van der Waals surface area contributed by atoms with Crippen molar-refractivity contribution in [2.75, 3.05) is 13.1 Å². The zero-order valence-electron chi connectivity index (χ0n) is 15.2. The van der Waals surface area contributed by atoms with Gasteiger partial charge < -0.3 is 10.6 Å². The summed E-state index contributed by atoms with van der Waals surface area (Å²) in [6, 6.07) is 0.337. The molecule has 2 N–H and O–H groups in total. The average Bonchev–Trinajstić information content (AvgIpc) is 2.96. The van der Waals surface area contributed by atoms with Gasteiger partial charge in [-0.2, -0.15) is 0 Å². The Labute approximate surface area is 152 Å². The lowest BCUT2D eigenvalue weighted by Crippen LogP contribution is -2.60. The molecular weight excluding hydrogens is 320 g/mol. The number of amides is 1. The summed E-state index contributed by atoms with van der Waals surface area (Å²) in [5.74, 6) is 2.59. The normalized spacial score (nSPS) is 54.7. The summed E-state index contributed by atoms with van der Waals surface area (Å²) >= 11 is 0. The third-order valence-corrected chi connectivity index (χ3v) is 8.28. The molecule has 1 amide bonds. The third kappa shape index (κ3) is 2.30. The van der Waals surface area contributed by atoms with Gasteiger partial charge in [-0.15, -0.1) is 12.4 Å². The monoisotopic (exact) mass is 352 g/mol. The predicted molar refractivity (Wildman–Crippen MR) is 97.9 cm³/mol. The number of fused-ring (bicyclic) bond motifs is 1. The molecule has 0 radical (unpaired) electrons. The zero-order valence-corrected chi connectivity index (χ0v) is 16.0. The first-order chi connectivity index (χ1) is 10.8. The lowest BCUT2D eigenvalue weighted by molar-refractivity contribution is -0.178. The molecule has 0 aromatic rings. The highest BCUT2D eigenvalue weighted by Crippen LogP contribution is 2.70. The highest BCUT2D eigenvalue weighted by Gasteiger charge is 2.63. The number of likely N-dealkylation sites (tertiary alicyclic amines) is 1. The molecule has 0 aromatic carbocycles. The highest BCUT2D eigenvalue weighted by atomic mass is 35.5. The van der Waals surface area contributed by atoms with E-state index in [9.17, 15) is 4.79 Å². The summed E-state index contributed by atoms with van der Waals surface area (Å²) in [7, 11) is 0. The average molecular weight is 353 g/mol. The van der Waals surface area contributed by atoms with Crippen LogP contribution >= 0.6 is 12.4 Å². The van der Waals surface area contributed by atoms with Crippen LogP contribution in [-0.4, -0.2) is 29.9 Å². The van der Waals surface area contributed by atoms with E-state index in [1.54, 1.807) is 0 Å². The number of nitrogens with two attached hydrogens (primary N) is 1. The van der Waals surface area contributed by atoms with Crippen molar-refractivity contribution in [2.45, 2.75) is 71.3 Å². The van der Waals surface area contributed by atoms with Crippen molar-refractivity contribution in [3.63, 3.8) is 0 Å². The largest absolute Gasteiger partial charge is 0.342 e. The molecule has 4 heteroatoms. The van der Waals surface area contributed by atoms with Crippen molar-refractivity contribution in [3.8, 4) is 0 Å². The van der Waals surface area contributed by atoms with Crippen molar-refractivity contribution in [1.29, 1.82) is 0 Å². The van der Waals surface area contributed by atoms with Gasteiger partial charge in [-0.3, -0.25) is 4.79 Å². The Balaban J connectivity index is 0.00000146. The third-order valence-electron chi connectivity index (χ3n) is 8.28. The van der Waals surface area contributed by atoms with Crippen LogP contribution in [0, 0.1) is 34.0 Å². The van der Waals surface area contributed by atoms with Crippen molar-refractivity contribution in [2.24, 2.45) is 39.7 Å². The lowest BCUT2D eigenvalue weighted by Gasteiger charge is -2.65. The van der Waals surface area contributed by atoms with Crippen molar-refractivity contribution in [1.82, 2.24) is 4.90 Å². The smallest absolute Gasteiger partial charge is 0.228 e. The molecule has 3 nitrogen and oxygen atoms in total. The molecule has 136 valence electrons. The Hall–Kier alpha value is -0.280. The summed E-state index contributed by atoms with van der Waals surface area (Å²) < 4.78 is 0. The molecule has 1 saturated heterocycles. The molecule has 1 heterocycles. The van der Waals surface area contributed by atoms with Crippen molar-refractivity contribution >= 4 is 18.3 Å². The fraction of sp³-hybridized carbons (Fsp3) is 0.950. The second kappa shape index (κ2) is 5.13. The molecule has 24 heavy (non-hydrogen) atoms. The van der Waals surface area contributed by atoms with E-state index in [1.807, 2.05) is 0 Å². The first-order valence-electron chi connectivity index (χ1n) is 9.85. The zero-order chi connectivity index (χ0) is 16.0. The maximum Gasteiger partial charge on any atom is 0.228 e. The summed E-state index contributed by atoms with van der Waals surface area (Å²) in [5, 5.41) is 0. The van der Waals surface area contributed by atoms with E-state index in [0.29, 0.717) is 34.6 Å². The van der Waals surface area contributed by atoms with E-state index in [1.165, 1.54) is 38.5 Å². The Kier molecular flexibility index (Phi) is 3.66. The van der Waals surface area contributed by atoms with E-state index in [0.717, 1.165) is 31.8 Å². The van der Waals surface area contributed by atoms with Crippen LogP contribution in [0.25, 0.3) is 0 Å². The van der Waals surface area contributed by atoms with Crippen molar-refractivity contribution < 1.29 is 4.79 Å². The van der Waals surface area contributed by atoms with Gasteiger partial charge in [0, 0.05) is 19.1 Å². The minimum Gasteiger partial charge on any atom is -0.342 e. The molecule has 6 aliphatic rings. The Bertz CT molecular complexity index is 546. The van der Waals surface area contributed by atoms with Crippen LogP contribution in [0.5, 0.6) is 0 Å². The maximum atomic E-state index is 13.6. The number of carbonyl (C=O) groups is 1. The first kappa shape index (κ1) is 17.1. The molecular formula is C20H33ClN2O. The van der Waals surface area contributed by atoms with Gasteiger partial charge in [-0.1, -0.05) is 13.8 Å². The van der Waals surface area contributed by atoms with E-state index in [2.05, 4.69) is 18.7 Å². The van der Waals surface area contributed by atoms with Crippen LogP contribution in [0.1, 0.15) is 65.2 Å². The number of hydrogen-bond donors (Lipinski definition) is 1. The molecule has 5 saturated carbocycles. The SMILES string of the molecule is CC12CC3CC(C)(C1)CC(C(=O)N1CC4CCC(N)C4C1)(C3)C2.Cl. The highest BCUT2D eigenvalue weighted by molar-refractivity contribution is 5.85. The van der Waals surface area contributed by atoms with Gasteiger partial charge in [0.1, 0.15) is 0 Å².